The van der Waals surface area contributed by atoms with Gasteiger partial charge in [0.1, 0.15) is 0 Å². The zero-order chi connectivity index (χ0) is 14.7. The van der Waals surface area contributed by atoms with E-state index in [0.717, 1.165) is 19.4 Å². The predicted molar refractivity (Wildman–Crippen MR) is 79.9 cm³/mol. The lowest BCUT2D eigenvalue weighted by molar-refractivity contribution is -0.133. The molecule has 0 bridgehead atoms. The van der Waals surface area contributed by atoms with Crippen molar-refractivity contribution in [2.24, 2.45) is 11.7 Å². The van der Waals surface area contributed by atoms with Gasteiger partial charge in [-0.25, -0.2) is 0 Å². The maximum absolute atomic E-state index is 12.2. The van der Waals surface area contributed by atoms with Crippen LogP contribution < -0.4 is 5.73 Å². The standard InChI is InChI=1S/C15H32N2O2/c1-4-5-6-7-8-10-17(11-9-12-18)15(19)14(16)13(2)3/h13-14,18H,4-12,16H2,1-3H3/t14-/m1/s1. The number of aliphatic hydroxyl groups excluding tert-OH is 1. The van der Waals surface area contributed by atoms with E-state index in [-0.39, 0.29) is 18.4 Å². The first-order valence-corrected chi connectivity index (χ1v) is 7.69. The van der Waals surface area contributed by atoms with Crippen molar-refractivity contribution in [2.75, 3.05) is 19.7 Å². The molecule has 0 rings (SSSR count). The second-order valence-electron chi connectivity index (χ2n) is 5.59. The van der Waals surface area contributed by atoms with Crippen LogP contribution in [0.25, 0.3) is 0 Å². The Kier molecular flexibility index (Phi) is 10.9. The maximum atomic E-state index is 12.2. The summed E-state index contributed by atoms with van der Waals surface area (Å²) in [5, 5.41) is 8.92. The zero-order valence-electron chi connectivity index (χ0n) is 12.9. The lowest BCUT2D eigenvalue weighted by Crippen LogP contribution is -2.47. The Morgan fingerprint density at radius 1 is 1.11 bits per heavy atom. The van der Waals surface area contributed by atoms with Crippen LogP contribution in [0.4, 0.5) is 0 Å². The van der Waals surface area contributed by atoms with Gasteiger partial charge in [-0.1, -0.05) is 46.5 Å². The number of rotatable bonds is 11. The molecule has 114 valence electrons. The van der Waals surface area contributed by atoms with E-state index in [4.69, 9.17) is 10.8 Å². The van der Waals surface area contributed by atoms with Crippen molar-refractivity contribution in [3.8, 4) is 0 Å². The Bertz CT molecular complexity index is 232. The molecule has 0 aromatic rings. The van der Waals surface area contributed by atoms with Crippen molar-refractivity contribution in [2.45, 2.75) is 65.3 Å². The number of hydrogen-bond donors (Lipinski definition) is 2. The van der Waals surface area contributed by atoms with Crippen LogP contribution >= 0.6 is 0 Å². The van der Waals surface area contributed by atoms with Crippen LogP contribution in [0.5, 0.6) is 0 Å². The summed E-state index contributed by atoms with van der Waals surface area (Å²) in [6.07, 6.45) is 6.54. The van der Waals surface area contributed by atoms with Crippen molar-refractivity contribution >= 4 is 5.91 Å². The Balaban J connectivity index is 4.17. The highest BCUT2D eigenvalue weighted by Gasteiger charge is 2.22. The third-order valence-electron chi connectivity index (χ3n) is 3.43. The number of unbranched alkanes of at least 4 members (excludes halogenated alkanes) is 4. The van der Waals surface area contributed by atoms with Crippen molar-refractivity contribution in [1.29, 1.82) is 0 Å². The summed E-state index contributed by atoms with van der Waals surface area (Å²) < 4.78 is 0. The SMILES string of the molecule is CCCCCCCN(CCCO)C(=O)[C@H](N)C(C)C. The number of carbonyl (C=O) groups is 1. The Hall–Kier alpha value is -0.610. The monoisotopic (exact) mass is 272 g/mol. The van der Waals surface area contributed by atoms with E-state index >= 15 is 0 Å². The largest absolute Gasteiger partial charge is 0.396 e. The van der Waals surface area contributed by atoms with Crippen LogP contribution in [-0.4, -0.2) is 41.7 Å². The summed E-state index contributed by atoms with van der Waals surface area (Å²) in [4.78, 5) is 14.1. The minimum atomic E-state index is -0.422. The van der Waals surface area contributed by atoms with Gasteiger partial charge in [0.2, 0.25) is 5.91 Å². The van der Waals surface area contributed by atoms with Crippen molar-refractivity contribution in [1.82, 2.24) is 4.90 Å². The second-order valence-corrected chi connectivity index (χ2v) is 5.59. The van der Waals surface area contributed by atoms with E-state index < -0.39 is 6.04 Å². The number of amides is 1. The van der Waals surface area contributed by atoms with E-state index in [2.05, 4.69) is 6.92 Å². The average molecular weight is 272 g/mol. The molecule has 0 aromatic carbocycles. The Morgan fingerprint density at radius 2 is 1.68 bits per heavy atom. The molecule has 4 heteroatoms. The normalized spacial score (nSPS) is 12.7. The summed E-state index contributed by atoms with van der Waals surface area (Å²) in [6, 6.07) is -0.422. The van der Waals surface area contributed by atoms with Crippen LogP contribution in [0.1, 0.15) is 59.3 Å². The third-order valence-corrected chi connectivity index (χ3v) is 3.43. The van der Waals surface area contributed by atoms with Crippen molar-refractivity contribution < 1.29 is 9.90 Å². The number of aliphatic hydroxyl groups is 1. The van der Waals surface area contributed by atoms with Crippen LogP contribution in [0.15, 0.2) is 0 Å². The van der Waals surface area contributed by atoms with E-state index in [9.17, 15) is 4.79 Å². The first-order chi connectivity index (χ1) is 9.04. The zero-order valence-corrected chi connectivity index (χ0v) is 12.9. The maximum Gasteiger partial charge on any atom is 0.239 e. The molecule has 0 spiro atoms. The Morgan fingerprint density at radius 3 is 2.21 bits per heavy atom. The minimum Gasteiger partial charge on any atom is -0.396 e. The summed E-state index contributed by atoms with van der Waals surface area (Å²) in [6.45, 7) is 7.63. The topological polar surface area (TPSA) is 66.6 Å². The molecule has 0 saturated carbocycles. The van der Waals surface area contributed by atoms with Crippen LogP contribution in [0.2, 0.25) is 0 Å². The van der Waals surface area contributed by atoms with Crippen LogP contribution in [0, 0.1) is 5.92 Å². The minimum absolute atomic E-state index is 0.0268. The Labute approximate surface area is 118 Å². The summed E-state index contributed by atoms with van der Waals surface area (Å²) in [5.74, 6) is 0.183. The summed E-state index contributed by atoms with van der Waals surface area (Å²) in [5.41, 5.74) is 5.93. The van der Waals surface area contributed by atoms with E-state index in [1.165, 1.54) is 19.3 Å². The fourth-order valence-electron chi connectivity index (χ4n) is 2.00. The summed E-state index contributed by atoms with van der Waals surface area (Å²) in [7, 11) is 0. The molecule has 0 unspecified atom stereocenters. The third kappa shape index (κ3) is 8.22. The molecular weight excluding hydrogens is 240 g/mol. The average Bonchev–Trinajstić information content (AvgIpc) is 2.40. The molecule has 0 aliphatic heterocycles. The van der Waals surface area contributed by atoms with Crippen molar-refractivity contribution in [3.63, 3.8) is 0 Å². The lowest BCUT2D eigenvalue weighted by Gasteiger charge is -2.27. The van der Waals surface area contributed by atoms with Gasteiger partial charge >= 0.3 is 0 Å². The molecule has 0 fully saturated rings. The molecule has 19 heavy (non-hydrogen) atoms. The van der Waals surface area contributed by atoms with Gasteiger partial charge in [0.05, 0.1) is 6.04 Å². The van der Waals surface area contributed by atoms with Crippen LogP contribution in [-0.2, 0) is 4.79 Å². The van der Waals surface area contributed by atoms with Crippen molar-refractivity contribution in [3.05, 3.63) is 0 Å². The molecule has 3 N–H and O–H groups in total. The second kappa shape index (κ2) is 11.2. The smallest absolute Gasteiger partial charge is 0.239 e. The van der Waals surface area contributed by atoms with Gasteiger partial charge < -0.3 is 15.7 Å². The number of hydrogen-bond acceptors (Lipinski definition) is 3. The van der Waals surface area contributed by atoms with Gasteiger partial charge in [0.25, 0.3) is 0 Å². The molecule has 0 heterocycles. The molecule has 0 saturated heterocycles. The van der Waals surface area contributed by atoms with Gasteiger partial charge in [-0.15, -0.1) is 0 Å². The van der Waals surface area contributed by atoms with E-state index in [1.807, 2.05) is 18.7 Å². The number of nitrogens with two attached hydrogens (primary N) is 1. The molecule has 0 aliphatic rings. The fourth-order valence-corrected chi connectivity index (χ4v) is 2.00. The summed E-state index contributed by atoms with van der Waals surface area (Å²) >= 11 is 0. The van der Waals surface area contributed by atoms with Gasteiger partial charge in [-0.3, -0.25) is 4.79 Å². The highest BCUT2D eigenvalue weighted by atomic mass is 16.3. The molecule has 4 nitrogen and oxygen atoms in total. The molecule has 0 aliphatic carbocycles. The first kappa shape index (κ1) is 18.4. The van der Waals surface area contributed by atoms with E-state index in [0.29, 0.717) is 13.0 Å². The van der Waals surface area contributed by atoms with Gasteiger partial charge in [-0.05, 0) is 18.8 Å². The van der Waals surface area contributed by atoms with Gasteiger partial charge in [0.15, 0.2) is 0 Å². The predicted octanol–water partition coefficient (Wildman–Crippen LogP) is 2.15. The molecular formula is C15H32N2O2. The van der Waals surface area contributed by atoms with Gasteiger partial charge in [-0.2, -0.15) is 0 Å². The number of nitrogens with zero attached hydrogens (tertiary/aromatic N) is 1. The number of carbonyl (C=O) groups excluding carboxylic acids is 1. The molecule has 0 radical (unpaired) electrons. The van der Waals surface area contributed by atoms with E-state index in [1.54, 1.807) is 0 Å². The fraction of sp³-hybridized carbons (Fsp3) is 0.933. The molecule has 1 amide bonds. The molecule has 0 aromatic heterocycles. The highest BCUT2D eigenvalue weighted by Crippen LogP contribution is 2.08. The quantitative estimate of drug-likeness (QED) is 0.566. The van der Waals surface area contributed by atoms with Gasteiger partial charge in [0, 0.05) is 19.7 Å². The highest BCUT2D eigenvalue weighted by molar-refractivity contribution is 5.81. The molecule has 1 atom stereocenters. The lowest BCUT2D eigenvalue weighted by atomic mass is 10.0. The van der Waals surface area contributed by atoms with Crippen LogP contribution in [0.3, 0.4) is 0 Å². The first-order valence-electron chi connectivity index (χ1n) is 7.69.